The highest BCUT2D eigenvalue weighted by Crippen LogP contribution is 2.27. The highest BCUT2D eigenvalue weighted by molar-refractivity contribution is 5.36. The van der Waals surface area contributed by atoms with E-state index in [2.05, 4.69) is 10.3 Å². The summed E-state index contributed by atoms with van der Waals surface area (Å²) in [5.41, 5.74) is 5.00. The van der Waals surface area contributed by atoms with Crippen molar-refractivity contribution >= 4 is 5.82 Å². The van der Waals surface area contributed by atoms with Gasteiger partial charge in [0.2, 0.25) is 0 Å². The van der Waals surface area contributed by atoms with E-state index >= 15 is 0 Å². The van der Waals surface area contributed by atoms with Gasteiger partial charge in [-0.2, -0.15) is 4.98 Å². The molecule has 1 aromatic heterocycles. The van der Waals surface area contributed by atoms with Crippen LogP contribution in [0.15, 0.2) is 11.0 Å². The van der Waals surface area contributed by atoms with Gasteiger partial charge in [-0.3, -0.25) is 9.88 Å². The summed E-state index contributed by atoms with van der Waals surface area (Å²) in [4.78, 5) is 15.4. The van der Waals surface area contributed by atoms with E-state index in [1.54, 1.807) is 0 Å². The standard InChI is InChI=1S/C11H18N4O5/c1-2-13-9-6(17)7(18)10(20-9)15-3-5(4-16)8(12)14-11(15)19/h3,6-7,9-10,13,16-18H,2,4H2,1H3,(H2,12,14,19). The molecule has 0 aromatic carbocycles. The van der Waals surface area contributed by atoms with E-state index in [1.807, 2.05) is 6.92 Å². The van der Waals surface area contributed by atoms with Gasteiger partial charge in [0.05, 0.1) is 6.61 Å². The van der Waals surface area contributed by atoms with Crippen LogP contribution in [0.2, 0.25) is 0 Å². The van der Waals surface area contributed by atoms with Crippen molar-refractivity contribution in [3.05, 3.63) is 22.2 Å². The number of nitrogen functional groups attached to an aromatic ring is 1. The summed E-state index contributed by atoms with van der Waals surface area (Å²) < 4.78 is 6.43. The molecule has 0 amide bonds. The summed E-state index contributed by atoms with van der Waals surface area (Å²) in [6.07, 6.45) is -3.10. The van der Waals surface area contributed by atoms with Gasteiger partial charge >= 0.3 is 5.69 Å². The predicted molar refractivity (Wildman–Crippen MR) is 68.4 cm³/mol. The third-order valence-corrected chi connectivity index (χ3v) is 3.15. The fraction of sp³-hybridized carbons (Fsp3) is 0.636. The van der Waals surface area contributed by atoms with Gasteiger partial charge < -0.3 is 25.8 Å². The van der Waals surface area contributed by atoms with Crippen LogP contribution >= 0.6 is 0 Å². The topological polar surface area (TPSA) is 143 Å². The van der Waals surface area contributed by atoms with E-state index in [-0.39, 0.29) is 11.4 Å². The lowest BCUT2D eigenvalue weighted by Gasteiger charge is -2.18. The van der Waals surface area contributed by atoms with E-state index in [9.17, 15) is 15.0 Å². The van der Waals surface area contributed by atoms with Crippen LogP contribution in [0.3, 0.4) is 0 Å². The molecular weight excluding hydrogens is 268 g/mol. The number of nitrogens with one attached hydrogen (secondary N) is 1. The number of hydrogen-bond acceptors (Lipinski definition) is 8. The molecule has 9 heteroatoms. The van der Waals surface area contributed by atoms with E-state index in [0.717, 1.165) is 4.57 Å². The average Bonchev–Trinajstić information content (AvgIpc) is 2.68. The molecule has 4 atom stereocenters. The Labute approximate surface area is 114 Å². The Balaban J connectivity index is 2.34. The van der Waals surface area contributed by atoms with Crippen molar-refractivity contribution in [1.29, 1.82) is 0 Å². The molecule has 0 saturated carbocycles. The smallest absolute Gasteiger partial charge is 0.351 e. The van der Waals surface area contributed by atoms with Crippen LogP contribution in [0.5, 0.6) is 0 Å². The molecule has 1 aliphatic heterocycles. The largest absolute Gasteiger partial charge is 0.391 e. The van der Waals surface area contributed by atoms with E-state index in [0.29, 0.717) is 6.54 Å². The predicted octanol–water partition coefficient (Wildman–Crippen LogP) is -2.50. The molecule has 4 unspecified atom stereocenters. The van der Waals surface area contributed by atoms with Crippen molar-refractivity contribution in [2.45, 2.75) is 38.2 Å². The maximum Gasteiger partial charge on any atom is 0.351 e. The minimum absolute atomic E-state index is 0.0787. The third-order valence-electron chi connectivity index (χ3n) is 3.15. The van der Waals surface area contributed by atoms with Gasteiger partial charge in [-0.25, -0.2) is 4.79 Å². The Morgan fingerprint density at radius 3 is 2.80 bits per heavy atom. The van der Waals surface area contributed by atoms with Crippen LogP contribution in [0.25, 0.3) is 0 Å². The van der Waals surface area contributed by atoms with Crippen molar-refractivity contribution in [2.24, 2.45) is 0 Å². The number of nitrogens with zero attached hydrogens (tertiary/aromatic N) is 2. The van der Waals surface area contributed by atoms with Gasteiger partial charge in [0.15, 0.2) is 6.23 Å². The van der Waals surface area contributed by atoms with Crippen molar-refractivity contribution in [3.63, 3.8) is 0 Å². The molecule has 6 N–H and O–H groups in total. The van der Waals surface area contributed by atoms with Crippen LogP contribution < -0.4 is 16.7 Å². The van der Waals surface area contributed by atoms with Crippen LogP contribution in [0.1, 0.15) is 18.7 Å². The van der Waals surface area contributed by atoms with E-state index in [4.69, 9.17) is 15.6 Å². The average molecular weight is 286 g/mol. The maximum absolute atomic E-state index is 11.8. The summed E-state index contributed by atoms with van der Waals surface area (Å²) in [5.74, 6) is -0.0787. The molecule has 2 rings (SSSR count). The second-order valence-electron chi connectivity index (χ2n) is 4.49. The van der Waals surface area contributed by atoms with E-state index < -0.39 is 37.0 Å². The second kappa shape index (κ2) is 5.85. The Kier molecular flexibility index (Phi) is 4.35. The van der Waals surface area contributed by atoms with Gasteiger partial charge in [0, 0.05) is 11.8 Å². The molecule has 0 aliphatic carbocycles. The lowest BCUT2D eigenvalue weighted by atomic mass is 10.2. The van der Waals surface area contributed by atoms with Crippen LogP contribution in [0, 0.1) is 0 Å². The van der Waals surface area contributed by atoms with Gasteiger partial charge in [-0.15, -0.1) is 0 Å². The zero-order valence-electron chi connectivity index (χ0n) is 10.9. The summed E-state index contributed by atoms with van der Waals surface area (Å²) >= 11 is 0. The highest BCUT2D eigenvalue weighted by atomic mass is 16.6. The number of hydrogen-bond donors (Lipinski definition) is 5. The minimum Gasteiger partial charge on any atom is -0.391 e. The normalized spacial score (nSPS) is 29.8. The zero-order chi connectivity index (χ0) is 14.9. The second-order valence-corrected chi connectivity index (χ2v) is 4.49. The first-order chi connectivity index (χ1) is 9.49. The van der Waals surface area contributed by atoms with Gasteiger partial charge in [0.25, 0.3) is 0 Å². The first kappa shape index (κ1) is 14.9. The molecule has 0 spiro atoms. The molecule has 112 valence electrons. The molecule has 20 heavy (non-hydrogen) atoms. The Morgan fingerprint density at radius 2 is 2.20 bits per heavy atom. The number of aliphatic hydroxyl groups is 3. The molecular formula is C11H18N4O5. The number of aromatic nitrogens is 2. The number of rotatable bonds is 4. The van der Waals surface area contributed by atoms with Gasteiger partial charge in [-0.05, 0) is 6.54 Å². The molecule has 1 saturated heterocycles. The van der Waals surface area contributed by atoms with Crippen molar-refractivity contribution in [3.8, 4) is 0 Å². The maximum atomic E-state index is 11.8. The monoisotopic (exact) mass is 286 g/mol. The van der Waals surface area contributed by atoms with Gasteiger partial charge in [-0.1, -0.05) is 6.92 Å². The fourth-order valence-electron chi connectivity index (χ4n) is 2.09. The fourth-order valence-corrected chi connectivity index (χ4v) is 2.09. The molecule has 2 heterocycles. The first-order valence-corrected chi connectivity index (χ1v) is 6.23. The molecule has 1 aliphatic rings. The molecule has 1 fully saturated rings. The highest BCUT2D eigenvalue weighted by Gasteiger charge is 2.43. The SMILES string of the molecule is CCNC1OC(n2cc(CO)c(N)nc2=O)C(O)C1O. The molecule has 1 aromatic rings. The van der Waals surface area contributed by atoms with Crippen LogP contribution in [0.4, 0.5) is 5.82 Å². The molecule has 0 radical (unpaired) electrons. The Hall–Kier alpha value is -1.52. The summed E-state index contributed by atoms with van der Waals surface area (Å²) in [6, 6.07) is 0. The number of anilines is 1. The number of nitrogens with two attached hydrogens (primary N) is 1. The van der Waals surface area contributed by atoms with Crippen LogP contribution in [-0.2, 0) is 11.3 Å². The first-order valence-electron chi connectivity index (χ1n) is 6.23. The van der Waals surface area contributed by atoms with Crippen molar-refractivity contribution < 1.29 is 20.1 Å². The molecule has 9 nitrogen and oxygen atoms in total. The van der Waals surface area contributed by atoms with Crippen molar-refractivity contribution in [1.82, 2.24) is 14.9 Å². The van der Waals surface area contributed by atoms with Gasteiger partial charge in [0.1, 0.15) is 24.3 Å². The lowest BCUT2D eigenvalue weighted by Crippen LogP contribution is -2.40. The van der Waals surface area contributed by atoms with Crippen LogP contribution in [-0.4, -0.2) is 49.9 Å². The minimum atomic E-state index is -1.30. The summed E-state index contributed by atoms with van der Waals surface area (Å²) in [7, 11) is 0. The lowest BCUT2D eigenvalue weighted by molar-refractivity contribution is -0.0494. The summed E-state index contributed by atoms with van der Waals surface area (Å²) in [5, 5.41) is 31.8. The molecule has 0 bridgehead atoms. The zero-order valence-corrected chi connectivity index (χ0v) is 10.9. The number of ether oxygens (including phenoxy) is 1. The van der Waals surface area contributed by atoms with Crippen molar-refractivity contribution in [2.75, 3.05) is 12.3 Å². The third kappa shape index (κ3) is 2.53. The quantitative estimate of drug-likeness (QED) is 0.409. The Morgan fingerprint density at radius 1 is 1.50 bits per heavy atom. The summed E-state index contributed by atoms with van der Waals surface area (Å²) in [6.45, 7) is 1.94. The Bertz CT molecular complexity index is 534. The van der Waals surface area contributed by atoms with E-state index in [1.165, 1.54) is 6.20 Å². The number of aliphatic hydroxyl groups excluding tert-OH is 3. The number of likely N-dealkylation sites (N-methyl/N-ethyl adjacent to an activating group) is 1.